The van der Waals surface area contributed by atoms with Crippen LogP contribution in [-0.2, 0) is 14.3 Å². The normalized spacial score (nSPS) is 13.2. The van der Waals surface area contributed by atoms with Crippen molar-refractivity contribution in [3.8, 4) is 0 Å². The Labute approximate surface area is 81.3 Å². The molecule has 1 atom stereocenters. The summed E-state index contributed by atoms with van der Waals surface area (Å²) in [6.45, 7) is 3.73. The first kappa shape index (κ1) is 12.8. The molecule has 0 aromatic heterocycles. The highest BCUT2D eigenvalue weighted by molar-refractivity contribution is 5.85. The van der Waals surface area contributed by atoms with Gasteiger partial charge in [-0.1, -0.05) is 0 Å². The third-order valence-corrected chi connectivity index (χ3v) is 1.04. The zero-order chi connectivity index (χ0) is 11.4. The van der Waals surface area contributed by atoms with Gasteiger partial charge in [-0.2, -0.15) is 0 Å². The van der Waals surface area contributed by atoms with Crippen LogP contribution < -0.4 is 5.73 Å². The number of ether oxygens (including phenoxy) is 2. The second-order valence-corrected chi connectivity index (χ2v) is 3.65. The molecule has 0 aromatic rings. The number of carbonyl (C=O) groups is 2. The predicted octanol–water partition coefficient (Wildman–Crippen LogP) is 0.761. The van der Waals surface area contributed by atoms with Gasteiger partial charge in [-0.15, -0.1) is 0 Å². The fraction of sp³-hybridized carbons (Fsp3) is 0.750. The minimum Gasteiger partial charge on any atom is -0.428 e. The Hall–Kier alpha value is -1.17. The molecule has 0 aromatic carbocycles. The van der Waals surface area contributed by atoms with Crippen molar-refractivity contribution in [1.29, 1.82) is 0 Å². The van der Waals surface area contributed by atoms with Gasteiger partial charge in [-0.25, -0.2) is 14.0 Å². The van der Waals surface area contributed by atoms with Crippen LogP contribution in [0.15, 0.2) is 0 Å². The van der Waals surface area contributed by atoms with Crippen molar-refractivity contribution in [1.82, 2.24) is 0 Å². The minimum absolute atomic E-state index is 0.767. The van der Waals surface area contributed by atoms with E-state index in [0.29, 0.717) is 0 Å². The summed E-state index contributed by atoms with van der Waals surface area (Å²) >= 11 is 0. The van der Waals surface area contributed by atoms with E-state index in [2.05, 4.69) is 9.47 Å². The van der Waals surface area contributed by atoms with Gasteiger partial charge in [0.1, 0.15) is 18.3 Å². The van der Waals surface area contributed by atoms with Crippen LogP contribution in [0.3, 0.4) is 0 Å². The summed E-state index contributed by atoms with van der Waals surface area (Å²) in [5.41, 5.74) is 4.20. The van der Waals surface area contributed by atoms with Gasteiger partial charge in [0.2, 0.25) is 0 Å². The van der Waals surface area contributed by atoms with Crippen LogP contribution in [0, 0.1) is 0 Å². The average Bonchev–Trinajstić information content (AvgIpc) is 1.99. The van der Waals surface area contributed by atoms with Gasteiger partial charge in [0, 0.05) is 0 Å². The zero-order valence-electron chi connectivity index (χ0n) is 8.37. The van der Waals surface area contributed by atoms with Crippen molar-refractivity contribution in [2.45, 2.75) is 32.4 Å². The predicted molar refractivity (Wildman–Crippen MR) is 46.3 cm³/mol. The molecular weight excluding hydrogens is 193 g/mol. The SMILES string of the molecule is CC(C)(C)OC(=O)OC(=O)[C@@H](N)CF. The van der Waals surface area contributed by atoms with Crippen LogP contribution in [0.2, 0.25) is 0 Å². The van der Waals surface area contributed by atoms with Gasteiger partial charge in [-0.3, -0.25) is 0 Å². The van der Waals surface area contributed by atoms with Gasteiger partial charge in [0.25, 0.3) is 0 Å². The fourth-order valence-corrected chi connectivity index (χ4v) is 0.492. The summed E-state index contributed by atoms with van der Waals surface area (Å²) in [4.78, 5) is 21.6. The Bertz CT molecular complexity index is 224. The molecule has 82 valence electrons. The summed E-state index contributed by atoms with van der Waals surface area (Å²) in [7, 11) is 0. The van der Waals surface area contributed by atoms with Gasteiger partial charge in [0.05, 0.1) is 0 Å². The van der Waals surface area contributed by atoms with E-state index in [1.54, 1.807) is 20.8 Å². The van der Waals surface area contributed by atoms with Crippen molar-refractivity contribution in [2.75, 3.05) is 6.67 Å². The molecule has 0 aliphatic carbocycles. The molecule has 0 rings (SSSR count). The lowest BCUT2D eigenvalue weighted by molar-refractivity contribution is -0.143. The van der Waals surface area contributed by atoms with E-state index in [0.717, 1.165) is 0 Å². The smallest absolute Gasteiger partial charge is 0.428 e. The molecule has 0 radical (unpaired) electrons. The number of hydrogen-bond donors (Lipinski definition) is 1. The summed E-state index contributed by atoms with van der Waals surface area (Å²) in [6.07, 6.45) is -1.17. The molecular formula is C8H14FNO4. The summed E-state index contributed by atoms with van der Waals surface area (Å²) in [5, 5.41) is 0. The van der Waals surface area contributed by atoms with E-state index in [9.17, 15) is 14.0 Å². The number of alkyl halides is 1. The first-order valence-electron chi connectivity index (χ1n) is 4.02. The number of halogens is 1. The lowest BCUT2D eigenvalue weighted by Gasteiger charge is -2.18. The van der Waals surface area contributed by atoms with E-state index >= 15 is 0 Å². The fourth-order valence-electron chi connectivity index (χ4n) is 0.492. The number of hydrogen-bond acceptors (Lipinski definition) is 5. The quantitative estimate of drug-likeness (QED) is 0.534. The zero-order valence-corrected chi connectivity index (χ0v) is 8.37. The maximum absolute atomic E-state index is 11.8. The lowest BCUT2D eigenvalue weighted by atomic mass is 10.2. The molecule has 14 heavy (non-hydrogen) atoms. The third kappa shape index (κ3) is 5.47. The Balaban J connectivity index is 4.02. The second kappa shape index (κ2) is 4.90. The molecule has 0 heterocycles. The number of rotatable bonds is 2. The van der Waals surface area contributed by atoms with Crippen molar-refractivity contribution >= 4 is 12.1 Å². The highest BCUT2D eigenvalue weighted by Crippen LogP contribution is 2.08. The molecule has 0 aliphatic rings. The second-order valence-electron chi connectivity index (χ2n) is 3.65. The molecule has 0 saturated heterocycles. The van der Waals surface area contributed by atoms with Crippen LogP contribution in [-0.4, -0.2) is 30.4 Å². The molecule has 5 nitrogen and oxygen atoms in total. The molecule has 2 N–H and O–H groups in total. The van der Waals surface area contributed by atoms with E-state index in [1.807, 2.05) is 0 Å². The van der Waals surface area contributed by atoms with Gasteiger partial charge < -0.3 is 15.2 Å². The van der Waals surface area contributed by atoms with E-state index < -0.39 is 30.4 Å². The highest BCUT2D eigenvalue weighted by atomic mass is 19.1. The average molecular weight is 207 g/mol. The highest BCUT2D eigenvalue weighted by Gasteiger charge is 2.23. The van der Waals surface area contributed by atoms with Gasteiger partial charge in [-0.05, 0) is 20.8 Å². The Morgan fingerprint density at radius 1 is 1.43 bits per heavy atom. The molecule has 0 unspecified atom stereocenters. The van der Waals surface area contributed by atoms with E-state index in [4.69, 9.17) is 5.73 Å². The topological polar surface area (TPSA) is 78.6 Å². The maximum atomic E-state index is 11.8. The largest absolute Gasteiger partial charge is 0.516 e. The van der Waals surface area contributed by atoms with Crippen LogP contribution in [0.1, 0.15) is 20.8 Å². The molecule has 0 saturated carbocycles. The molecule has 0 aliphatic heterocycles. The number of nitrogens with two attached hydrogens (primary N) is 1. The summed E-state index contributed by atoms with van der Waals surface area (Å²) in [5.74, 6) is -1.14. The monoisotopic (exact) mass is 207 g/mol. The van der Waals surface area contributed by atoms with Crippen molar-refractivity contribution < 1.29 is 23.5 Å². The first-order chi connectivity index (χ1) is 6.26. The Morgan fingerprint density at radius 3 is 2.29 bits per heavy atom. The Morgan fingerprint density at radius 2 is 1.93 bits per heavy atom. The van der Waals surface area contributed by atoms with Crippen LogP contribution in [0.5, 0.6) is 0 Å². The lowest BCUT2D eigenvalue weighted by Crippen LogP contribution is -2.37. The number of carbonyl (C=O) groups excluding carboxylic acids is 2. The molecule has 0 fully saturated rings. The van der Waals surface area contributed by atoms with Gasteiger partial charge >= 0.3 is 12.1 Å². The van der Waals surface area contributed by atoms with Crippen LogP contribution >= 0.6 is 0 Å². The summed E-state index contributed by atoms with van der Waals surface area (Å²) < 4.78 is 20.6. The van der Waals surface area contributed by atoms with Crippen LogP contribution in [0.25, 0.3) is 0 Å². The minimum atomic E-state index is -1.44. The molecule has 0 amide bonds. The van der Waals surface area contributed by atoms with E-state index in [-0.39, 0.29) is 0 Å². The van der Waals surface area contributed by atoms with Crippen molar-refractivity contribution in [3.05, 3.63) is 0 Å². The van der Waals surface area contributed by atoms with E-state index in [1.165, 1.54) is 0 Å². The number of esters is 1. The summed E-state index contributed by atoms with van der Waals surface area (Å²) in [6, 6.07) is -1.44. The van der Waals surface area contributed by atoms with Crippen molar-refractivity contribution in [3.63, 3.8) is 0 Å². The standard InChI is InChI=1S/C8H14FNO4/c1-8(2,3)14-7(12)13-6(11)5(10)4-9/h5H,4,10H2,1-3H3/t5-/m0/s1. The molecule has 6 heteroatoms. The first-order valence-corrected chi connectivity index (χ1v) is 4.02. The van der Waals surface area contributed by atoms with Gasteiger partial charge in [0.15, 0.2) is 0 Å². The van der Waals surface area contributed by atoms with Crippen molar-refractivity contribution in [2.24, 2.45) is 5.73 Å². The van der Waals surface area contributed by atoms with Crippen LogP contribution in [0.4, 0.5) is 9.18 Å². The molecule has 0 bridgehead atoms. The molecule has 0 spiro atoms. The maximum Gasteiger partial charge on any atom is 0.516 e. The Kier molecular flexibility index (Phi) is 4.49. The third-order valence-electron chi connectivity index (χ3n) is 1.04.